The Morgan fingerprint density at radius 1 is 1.30 bits per heavy atom. The average Bonchev–Trinajstić information content (AvgIpc) is 2.93. The van der Waals surface area contributed by atoms with Crippen LogP contribution in [0.25, 0.3) is 0 Å². The molecule has 3 rings (SSSR count). The van der Waals surface area contributed by atoms with E-state index in [0.717, 1.165) is 59.7 Å². The standard InChI is InChI=1S/C16H23N5OS/c1-4-13(16-11(2)20-22-12(16)3)19-14-9-15(18-10-17-14)21-5-7-23-8-6-21/h9-10,13H,4-8H2,1-3H3,(H,17,18,19)/t13-/m0/s1. The first kappa shape index (κ1) is 16.1. The Labute approximate surface area is 141 Å². The van der Waals surface area contributed by atoms with Crippen LogP contribution in [-0.4, -0.2) is 39.7 Å². The lowest BCUT2D eigenvalue weighted by Crippen LogP contribution is -2.33. The molecule has 0 bridgehead atoms. The minimum atomic E-state index is 0.140. The first-order valence-electron chi connectivity index (χ1n) is 8.03. The van der Waals surface area contributed by atoms with Gasteiger partial charge in [-0.3, -0.25) is 0 Å². The largest absolute Gasteiger partial charge is 0.363 e. The molecule has 0 aliphatic carbocycles. The number of aryl methyl sites for hydroxylation is 2. The smallest absolute Gasteiger partial charge is 0.139 e. The molecule has 6 nitrogen and oxygen atoms in total. The van der Waals surface area contributed by atoms with Crippen molar-refractivity contribution in [1.29, 1.82) is 0 Å². The van der Waals surface area contributed by atoms with Gasteiger partial charge in [0.2, 0.25) is 0 Å². The summed E-state index contributed by atoms with van der Waals surface area (Å²) in [5.74, 6) is 5.02. The predicted molar refractivity (Wildman–Crippen MR) is 94.2 cm³/mol. The predicted octanol–water partition coefficient (Wildman–Crippen LogP) is 3.20. The normalized spacial score (nSPS) is 16.4. The molecule has 1 atom stereocenters. The number of hydrogen-bond donors (Lipinski definition) is 1. The zero-order chi connectivity index (χ0) is 16.2. The molecule has 0 amide bonds. The monoisotopic (exact) mass is 333 g/mol. The fourth-order valence-electron chi connectivity index (χ4n) is 2.94. The van der Waals surface area contributed by atoms with Gasteiger partial charge in [0.1, 0.15) is 23.7 Å². The van der Waals surface area contributed by atoms with Gasteiger partial charge in [-0.15, -0.1) is 0 Å². The Kier molecular flexibility index (Phi) is 5.05. The van der Waals surface area contributed by atoms with Gasteiger partial charge in [-0.05, 0) is 20.3 Å². The number of nitrogens with zero attached hydrogens (tertiary/aromatic N) is 4. The quantitative estimate of drug-likeness (QED) is 0.901. The molecular weight excluding hydrogens is 310 g/mol. The topological polar surface area (TPSA) is 67.1 Å². The van der Waals surface area contributed by atoms with E-state index in [4.69, 9.17) is 4.52 Å². The molecule has 1 N–H and O–H groups in total. The van der Waals surface area contributed by atoms with Crippen LogP contribution >= 0.6 is 11.8 Å². The van der Waals surface area contributed by atoms with E-state index in [1.807, 2.05) is 31.7 Å². The van der Waals surface area contributed by atoms with E-state index in [1.165, 1.54) is 0 Å². The molecule has 7 heteroatoms. The lowest BCUT2D eigenvalue weighted by atomic mass is 10.0. The van der Waals surface area contributed by atoms with Gasteiger partial charge < -0.3 is 14.7 Å². The zero-order valence-corrected chi connectivity index (χ0v) is 14.7. The first-order chi connectivity index (χ1) is 11.2. The highest BCUT2D eigenvalue weighted by molar-refractivity contribution is 7.99. The van der Waals surface area contributed by atoms with Gasteiger partial charge in [0.25, 0.3) is 0 Å². The second-order valence-electron chi connectivity index (χ2n) is 5.70. The third-order valence-corrected chi connectivity index (χ3v) is 5.10. The molecule has 0 spiro atoms. The molecule has 1 aliphatic heterocycles. The third-order valence-electron chi connectivity index (χ3n) is 4.16. The molecule has 0 saturated carbocycles. The summed E-state index contributed by atoms with van der Waals surface area (Å²) >= 11 is 2.00. The van der Waals surface area contributed by atoms with Crippen molar-refractivity contribution in [1.82, 2.24) is 15.1 Å². The molecule has 0 unspecified atom stereocenters. The molecule has 1 aliphatic rings. The van der Waals surface area contributed by atoms with Crippen molar-refractivity contribution in [2.24, 2.45) is 0 Å². The van der Waals surface area contributed by atoms with Crippen LogP contribution < -0.4 is 10.2 Å². The Morgan fingerprint density at radius 3 is 2.74 bits per heavy atom. The molecular formula is C16H23N5OS. The summed E-state index contributed by atoms with van der Waals surface area (Å²) in [6.07, 6.45) is 2.57. The maximum absolute atomic E-state index is 5.30. The lowest BCUT2D eigenvalue weighted by Gasteiger charge is -2.27. The van der Waals surface area contributed by atoms with E-state index >= 15 is 0 Å². The highest BCUT2D eigenvalue weighted by Crippen LogP contribution is 2.28. The Bertz CT molecular complexity index is 634. The highest BCUT2D eigenvalue weighted by atomic mass is 32.2. The molecule has 3 heterocycles. The number of anilines is 2. The van der Waals surface area contributed by atoms with Gasteiger partial charge in [-0.2, -0.15) is 11.8 Å². The van der Waals surface area contributed by atoms with Crippen LogP contribution in [-0.2, 0) is 0 Å². The van der Waals surface area contributed by atoms with Crippen LogP contribution in [0.2, 0.25) is 0 Å². The SMILES string of the molecule is CC[C@H](Nc1cc(N2CCSCC2)ncn1)c1c(C)noc1C. The molecule has 0 radical (unpaired) electrons. The van der Waals surface area contributed by atoms with Gasteiger partial charge in [0.15, 0.2) is 0 Å². The van der Waals surface area contributed by atoms with Gasteiger partial charge >= 0.3 is 0 Å². The Morgan fingerprint density at radius 2 is 2.09 bits per heavy atom. The molecule has 2 aromatic heterocycles. The van der Waals surface area contributed by atoms with Crippen LogP contribution in [0.15, 0.2) is 16.9 Å². The van der Waals surface area contributed by atoms with Crippen LogP contribution in [0.3, 0.4) is 0 Å². The van der Waals surface area contributed by atoms with Crippen molar-refractivity contribution >= 4 is 23.4 Å². The summed E-state index contributed by atoms with van der Waals surface area (Å²) in [6, 6.07) is 2.18. The first-order valence-corrected chi connectivity index (χ1v) is 9.18. The van der Waals surface area contributed by atoms with Crippen LogP contribution in [0.4, 0.5) is 11.6 Å². The fraction of sp³-hybridized carbons (Fsp3) is 0.562. The second-order valence-corrected chi connectivity index (χ2v) is 6.93. The number of nitrogens with one attached hydrogen (secondary N) is 1. The molecule has 124 valence electrons. The van der Waals surface area contributed by atoms with Crippen molar-refractivity contribution in [2.75, 3.05) is 34.8 Å². The van der Waals surface area contributed by atoms with Gasteiger partial charge in [-0.25, -0.2) is 9.97 Å². The number of thioether (sulfide) groups is 1. The van der Waals surface area contributed by atoms with Crippen LogP contribution in [0.5, 0.6) is 0 Å². The third kappa shape index (κ3) is 3.60. The second kappa shape index (κ2) is 7.21. The fourth-order valence-corrected chi connectivity index (χ4v) is 3.84. The van der Waals surface area contributed by atoms with E-state index < -0.39 is 0 Å². The molecule has 2 aromatic rings. The molecule has 1 fully saturated rings. The van der Waals surface area contributed by atoms with Crippen LogP contribution in [0, 0.1) is 13.8 Å². The van der Waals surface area contributed by atoms with Crippen molar-refractivity contribution < 1.29 is 4.52 Å². The summed E-state index contributed by atoms with van der Waals surface area (Å²) in [5, 5.41) is 7.57. The van der Waals surface area contributed by atoms with Crippen molar-refractivity contribution in [3.63, 3.8) is 0 Å². The molecule has 1 saturated heterocycles. The van der Waals surface area contributed by atoms with E-state index in [-0.39, 0.29) is 6.04 Å². The summed E-state index contributed by atoms with van der Waals surface area (Å²) in [5.41, 5.74) is 2.06. The van der Waals surface area contributed by atoms with Gasteiger partial charge in [0.05, 0.1) is 11.7 Å². The average molecular weight is 333 g/mol. The maximum Gasteiger partial charge on any atom is 0.139 e. The summed E-state index contributed by atoms with van der Waals surface area (Å²) in [7, 11) is 0. The van der Waals surface area contributed by atoms with E-state index in [2.05, 4.69) is 32.3 Å². The van der Waals surface area contributed by atoms with Gasteiger partial charge in [0, 0.05) is 36.2 Å². The molecule has 0 aromatic carbocycles. The highest BCUT2D eigenvalue weighted by Gasteiger charge is 2.20. The van der Waals surface area contributed by atoms with E-state index in [0.29, 0.717) is 0 Å². The Hall–Kier alpha value is -1.76. The van der Waals surface area contributed by atoms with Crippen LogP contribution in [0.1, 0.15) is 36.4 Å². The lowest BCUT2D eigenvalue weighted by molar-refractivity contribution is 0.391. The zero-order valence-electron chi connectivity index (χ0n) is 13.9. The minimum absolute atomic E-state index is 0.140. The van der Waals surface area contributed by atoms with Crippen molar-refractivity contribution in [2.45, 2.75) is 33.2 Å². The summed E-state index contributed by atoms with van der Waals surface area (Å²) < 4.78 is 5.30. The maximum atomic E-state index is 5.30. The van der Waals surface area contributed by atoms with E-state index in [9.17, 15) is 0 Å². The number of aromatic nitrogens is 3. The van der Waals surface area contributed by atoms with Crippen molar-refractivity contribution in [3.05, 3.63) is 29.4 Å². The minimum Gasteiger partial charge on any atom is -0.363 e. The summed E-state index contributed by atoms with van der Waals surface area (Å²) in [6.45, 7) is 8.17. The number of hydrogen-bond acceptors (Lipinski definition) is 7. The summed E-state index contributed by atoms with van der Waals surface area (Å²) in [4.78, 5) is 11.1. The van der Waals surface area contributed by atoms with Gasteiger partial charge in [-0.1, -0.05) is 12.1 Å². The van der Waals surface area contributed by atoms with E-state index in [1.54, 1.807) is 6.33 Å². The Balaban J connectivity index is 1.78. The molecule has 23 heavy (non-hydrogen) atoms. The van der Waals surface area contributed by atoms with Crippen molar-refractivity contribution in [3.8, 4) is 0 Å². The number of rotatable bonds is 5.